The summed E-state index contributed by atoms with van der Waals surface area (Å²) in [4.78, 5) is 26.9. The minimum absolute atomic E-state index is 0.146. The van der Waals surface area contributed by atoms with Gasteiger partial charge < -0.3 is 10.2 Å². The van der Waals surface area contributed by atoms with Crippen LogP contribution in [-0.4, -0.2) is 51.0 Å². The van der Waals surface area contributed by atoms with E-state index in [4.69, 9.17) is 23.2 Å². The van der Waals surface area contributed by atoms with Crippen LogP contribution in [0, 0.1) is 6.92 Å². The molecule has 0 radical (unpaired) electrons. The fraction of sp³-hybridized carbons (Fsp3) is 0.333. The fourth-order valence-electron chi connectivity index (χ4n) is 2.94. The van der Waals surface area contributed by atoms with Crippen molar-refractivity contribution in [2.24, 2.45) is 0 Å². The Morgan fingerprint density at radius 1 is 1.06 bits per heavy atom. The van der Waals surface area contributed by atoms with E-state index in [2.05, 4.69) is 5.32 Å². The zero-order valence-electron chi connectivity index (χ0n) is 17.7. The molecule has 2 aromatic rings. The first-order chi connectivity index (χ1) is 14.4. The highest BCUT2D eigenvalue weighted by atomic mass is 35.5. The van der Waals surface area contributed by atoms with Gasteiger partial charge in [0, 0.05) is 13.6 Å². The molecule has 0 unspecified atom stereocenters. The molecule has 0 saturated heterocycles. The van der Waals surface area contributed by atoms with Crippen molar-refractivity contribution in [3.8, 4) is 0 Å². The summed E-state index contributed by atoms with van der Waals surface area (Å²) in [6, 6.07) is 11.0. The molecule has 1 atom stereocenters. The molecule has 1 N–H and O–H groups in total. The largest absolute Gasteiger partial charge is 0.357 e. The third-order valence-corrected chi connectivity index (χ3v) is 6.64. The molecule has 0 spiro atoms. The average molecular weight is 486 g/mol. The molecule has 0 heterocycles. The topological polar surface area (TPSA) is 86.8 Å². The number of sulfonamides is 1. The van der Waals surface area contributed by atoms with Crippen molar-refractivity contribution in [1.82, 2.24) is 10.2 Å². The number of nitrogens with one attached hydrogen (secondary N) is 1. The number of rotatable bonds is 8. The van der Waals surface area contributed by atoms with E-state index >= 15 is 0 Å². The van der Waals surface area contributed by atoms with Crippen molar-refractivity contribution in [1.29, 1.82) is 0 Å². The van der Waals surface area contributed by atoms with E-state index in [0.717, 1.165) is 21.7 Å². The van der Waals surface area contributed by atoms with Gasteiger partial charge in [-0.2, -0.15) is 0 Å². The molecule has 0 aliphatic carbocycles. The first-order valence-electron chi connectivity index (χ1n) is 9.43. The Balaban J connectivity index is 2.39. The summed E-state index contributed by atoms with van der Waals surface area (Å²) in [5, 5.41) is 2.95. The van der Waals surface area contributed by atoms with Crippen LogP contribution in [0.1, 0.15) is 18.1 Å². The zero-order valence-corrected chi connectivity index (χ0v) is 20.1. The van der Waals surface area contributed by atoms with E-state index < -0.39 is 28.5 Å². The number of benzene rings is 2. The molecule has 0 bridgehead atoms. The maximum Gasteiger partial charge on any atom is 0.244 e. The molecular formula is C21H25Cl2N3O4S. The van der Waals surface area contributed by atoms with Crippen LogP contribution in [0.3, 0.4) is 0 Å². The summed E-state index contributed by atoms with van der Waals surface area (Å²) in [5.41, 5.74) is 2.08. The van der Waals surface area contributed by atoms with Gasteiger partial charge in [-0.3, -0.25) is 13.9 Å². The van der Waals surface area contributed by atoms with Crippen molar-refractivity contribution >= 4 is 50.7 Å². The van der Waals surface area contributed by atoms with Crippen LogP contribution in [0.5, 0.6) is 0 Å². The van der Waals surface area contributed by atoms with Crippen molar-refractivity contribution in [3.05, 3.63) is 63.6 Å². The zero-order chi connectivity index (χ0) is 23.3. The quantitative estimate of drug-likeness (QED) is 0.621. The van der Waals surface area contributed by atoms with E-state index in [1.165, 1.54) is 30.1 Å². The number of nitrogens with zero attached hydrogens (tertiary/aromatic N) is 2. The van der Waals surface area contributed by atoms with E-state index in [0.29, 0.717) is 0 Å². The van der Waals surface area contributed by atoms with Gasteiger partial charge in [-0.25, -0.2) is 8.42 Å². The highest BCUT2D eigenvalue weighted by Crippen LogP contribution is 2.28. The Bertz CT molecular complexity index is 1060. The van der Waals surface area contributed by atoms with Gasteiger partial charge in [-0.15, -0.1) is 0 Å². The molecular weight excluding hydrogens is 461 g/mol. The molecule has 0 aliphatic heterocycles. The Labute approximate surface area is 193 Å². The number of hydrogen-bond acceptors (Lipinski definition) is 4. The second-order valence-electron chi connectivity index (χ2n) is 7.17. The van der Waals surface area contributed by atoms with Gasteiger partial charge in [-0.1, -0.05) is 53.0 Å². The van der Waals surface area contributed by atoms with Gasteiger partial charge in [0.1, 0.15) is 12.6 Å². The lowest BCUT2D eigenvalue weighted by atomic mass is 10.1. The van der Waals surface area contributed by atoms with E-state index in [9.17, 15) is 18.0 Å². The highest BCUT2D eigenvalue weighted by molar-refractivity contribution is 7.92. The van der Waals surface area contributed by atoms with Crippen molar-refractivity contribution < 1.29 is 18.0 Å². The maximum atomic E-state index is 13.2. The molecule has 31 heavy (non-hydrogen) atoms. The number of amides is 2. The highest BCUT2D eigenvalue weighted by Gasteiger charge is 2.29. The fourth-order valence-corrected chi connectivity index (χ4v) is 4.07. The molecule has 10 heteroatoms. The van der Waals surface area contributed by atoms with Crippen LogP contribution < -0.4 is 9.62 Å². The lowest BCUT2D eigenvalue weighted by molar-refractivity contribution is -0.139. The Morgan fingerprint density at radius 3 is 2.19 bits per heavy atom. The van der Waals surface area contributed by atoms with Crippen molar-refractivity contribution in [3.63, 3.8) is 0 Å². The van der Waals surface area contributed by atoms with E-state index in [1.54, 1.807) is 6.92 Å². The number of carbonyl (C=O) groups excluding carboxylic acids is 2. The predicted molar refractivity (Wildman–Crippen MR) is 124 cm³/mol. The monoisotopic (exact) mass is 485 g/mol. The maximum absolute atomic E-state index is 13.2. The van der Waals surface area contributed by atoms with Gasteiger partial charge in [0.15, 0.2) is 0 Å². The number of halogens is 2. The van der Waals surface area contributed by atoms with E-state index in [-0.39, 0.29) is 28.2 Å². The summed E-state index contributed by atoms with van der Waals surface area (Å²) >= 11 is 12.0. The number of likely N-dealkylation sites (N-methyl/N-ethyl adjacent to an activating group) is 1. The Morgan fingerprint density at radius 2 is 1.68 bits per heavy atom. The van der Waals surface area contributed by atoms with Crippen LogP contribution in [-0.2, 0) is 26.2 Å². The number of carbonyl (C=O) groups is 2. The first kappa shape index (κ1) is 25.0. The lowest BCUT2D eigenvalue weighted by Crippen LogP contribution is -2.50. The van der Waals surface area contributed by atoms with Crippen LogP contribution in [0.4, 0.5) is 5.69 Å². The third kappa shape index (κ3) is 6.59. The summed E-state index contributed by atoms with van der Waals surface area (Å²) in [7, 11) is -2.34. The van der Waals surface area contributed by atoms with Gasteiger partial charge in [0.05, 0.1) is 22.0 Å². The number of hydrogen-bond donors (Lipinski definition) is 1. The molecule has 0 fully saturated rings. The smallest absolute Gasteiger partial charge is 0.244 e. The minimum atomic E-state index is -3.82. The first-order valence-corrected chi connectivity index (χ1v) is 12.0. The predicted octanol–water partition coefficient (Wildman–Crippen LogP) is 3.23. The van der Waals surface area contributed by atoms with Gasteiger partial charge >= 0.3 is 0 Å². The molecule has 2 rings (SSSR count). The molecule has 0 aromatic heterocycles. The van der Waals surface area contributed by atoms with Gasteiger partial charge in [-0.05, 0) is 37.6 Å². The second-order valence-corrected chi connectivity index (χ2v) is 9.89. The lowest BCUT2D eigenvalue weighted by Gasteiger charge is -2.31. The van der Waals surface area contributed by atoms with Gasteiger partial charge in [0.25, 0.3) is 0 Å². The molecule has 7 nitrogen and oxygen atoms in total. The number of aryl methyl sites for hydroxylation is 1. The molecule has 0 saturated carbocycles. The molecule has 168 valence electrons. The standard InChI is InChI=1S/C21H25Cl2N3O4S/c1-14-5-7-16(8-6-14)12-25(15(2)21(28)24-3)20(27)13-26(31(4,29)30)17-9-10-18(22)19(23)11-17/h5-11,15H,12-13H2,1-4H3,(H,24,28)/t15-/m0/s1. The minimum Gasteiger partial charge on any atom is -0.357 e. The van der Waals surface area contributed by atoms with Crippen LogP contribution in [0.15, 0.2) is 42.5 Å². The Hall–Kier alpha value is -2.29. The molecule has 0 aliphatic rings. The summed E-state index contributed by atoms with van der Waals surface area (Å²) in [6.07, 6.45) is 0.995. The number of anilines is 1. The third-order valence-electron chi connectivity index (χ3n) is 4.76. The van der Waals surface area contributed by atoms with Crippen molar-refractivity contribution in [2.75, 3.05) is 24.2 Å². The van der Waals surface area contributed by atoms with Crippen LogP contribution >= 0.6 is 23.2 Å². The molecule has 2 amide bonds. The summed E-state index contributed by atoms with van der Waals surface area (Å²) < 4.78 is 25.8. The van der Waals surface area contributed by atoms with Crippen molar-refractivity contribution in [2.45, 2.75) is 26.4 Å². The second kappa shape index (κ2) is 10.3. The summed E-state index contributed by atoms with van der Waals surface area (Å²) in [5.74, 6) is -0.894. The van der Waals surface area contributed by atoms with Crippen LogP contribution in [0.25, 0.3) is 0 Å². The average Bonchev–Trinajstić information content (AvgIpc) is 2.71. The van der Waals surface area contributed by atoms with E-state index in [1.807, 2.05) is 31.2 Å². The summed E-state index contributed by atoms with van der Waals surface area (Å²) in [6.45, 7) is 3.19. The normalized spacial score (nSPS) is 12.2. The van der Waals surface area contributed by atoms with Gasteiger partial charge in [0.2, 0.25) is 21.8 Å². The SMILES string of the molecule is CNC(=O)[C@H](C)N(Cc1ccc(C)cc1)C(=O)CN(c1ccc(Cl)c(Cl)c1)S(C)(=O)=O. The molecule has 2 aromatic carbocycles. The van der Waals surface area contributed by atoms with Crippen LogP contribution in [0.2, 0.25) is 10.0 Å². The Kier molecular flexibility index (Phi) is 8.34.